The Hall–Kier alpha value is -3.92. The number of carbonyl (C=O) groups excluding carboxylic acids is 2. The van der Waals surface area contributed by atoms with Crippen molar-refractivity contribution < 1.29 is 27.1 Å². The normalized spacial score (nSPS) is 11.9. The lowest BCUT2D eigenvalue weighted by Gasteiger charge is -2.33. The SMILES string of the molecule is CCNC(=O)[C@H](Cc1ccccc1)N(Cc1ccccc1F)C(=O)CN(c1ccccc1OC)S(C)(=O)=O. The van der Waals surface area contributed by atoms with Gasteiger partial charge in [0.2, 0.25) is 21.8 Å². The average Bonchev–Trinajstić information content (AvgIpc) is 2.90. The number of benzene rings is 3. The van der Waals surface area contributed by atoms with Gasteiger partial charge in [0.1, 0.15) is 24.2 Å². The van der Waals surface area contributed by atoms with Gasteiger partial charge in [0.15, 0.2) is 0 Å². The number of carbonyl (C=O) groups is 2. The topological polar surface area (TPSA) is 96.0 Å². The first-order valence-corrected chi connectivity index (χ1v) is 14.0. The predicted molar refractivity (Wildman–Crippen MR) is 145 cm³/mol. The van der Waals surface area contributed by atoms with E-state index in [1.807, 2.05) is 30.3 Å². The molecule has 3 rings (SSSR count). The summed E-state index contributed by atoms with van der Waals surface area (Å²) in [6.45, 7) is 1.23. The molecule has 3 aromatic rings. The second-order valence-corrected chi connectivity index (χ2v) is 10.6. The highest BCUT2D eigenvalue weighted by Gasteiger charge is 2.33. The van der Waals surface area contributed by atoms with Crippen molar-refractivity contribution in [1.82, 2.24) is 10.2 Å². The van der Waals surface area contributed by atoms with E-state index in [1.54, 1.807) is 31.2 Å². The van der Waals surface area contributed by atoms with E-state index < -0.39 is 40.2 Å². The molecular weight excluding hydrogens is 509 g/mol. The van der Waals surface area contributed by atoms with E-state index in [0.717, 1.165) is 16.1 Å². The molecule has 0 aliphatic rings. The summed E-state index contributed by atoms with van der Waals surface area (Å²) in [5.41, 5.74) is 1.17. The summed E-state index contributed by atoms with van der Waals surface area (Å²) in [5.74, 6) is -1.37. The summed E-state index contributed by atoms with van der Waals surface area (Å²) < 4.78 is 46.6. The number of hydrogen-bond acceptors (Lipinski definition) is 5. The Bertz CT molecular complexity index is 1350. The Morgan fingerprint density at radius 3 is 2.24 bits per heavy atom. The first kappa shape index (κ1) is 28.6. The molecule has 2 amide bonds. The van der Waals surface area contributed by atoms with Crippen molar-refractivity contribution in [3.05, 3.63) is 95.8 Å². The molecule has 3 aromatic carbocycles. The van der Waals surface area contributed by atoms with E-state index in [2.05, 4.69) is 5.32 Å². The second-order valence-electron chi connectivity index (χ2n) is 8.65. The van der Waals surface area contributed by atoms with Gasteiger partial charge < -0.3 is 15.0 Å². The van der Waals surface area contributed by atoms with Gasteiger partial charge in [-0.3, -0.25) is 13.9 Å². The highest BCUT2D eigenvalue weighted by molar-refractivity contribution is 7.92. The molecule has 0 aromatic heterocycles. The van der Waals surface area contributed by atoms with E-state index in [4.69, 9.17) is 4.74 Å². The van der Waals surface area contributed by atoms with Crippen molar-refractivity contribution in [2.45, 2.75) is 25.9 Å². The van der Waals surface area contributed by atoms with Gasteiger partial charge in [-0.1, -0.05) is 60.7 Å². The maximum atomic E-state index is 14.7. The highest BCUT2D eigenvalue weighted by Crippen LogP contribution is 2.30. The van der Waals surface area contributed by atoms with E-state index >= 15 is 0 Å². The third-order valence-corrected chi connectivity index (χ3v) is 7.08. The van der Waals surface area contributed by atoms with Crippen molar-refractivity contribution in [3.63, 3.8) is 0 Å². The lowest BCUT2D eigenvalue weighted by molar-refractivity contribution is -0.140. The molecule has 0 radical (unpaired) electrons. The molecular formula is C28H32FN3O5S. The number of rotatable bonds is 12. The summed E-state index contributed by atoms with van der Waals surface area (Å²) in [6, 6.07) is 20.5. The van der Waals surface area contributed by atoms with Crippen LogP contribution in [0.15, 0.2) is 78.9 Å². The lowest BCUT2D eigenvalue weighted by atomic mass is 10.0. The second kappa shape index (κ2) is 13.0. The van der Waals surface area contributed by atoms with E-state index in [1.165, 1.54) is 36.3 Å². The van der Waals surface area contributed by atoms with Crippen molar-refractivity contribution in [2.75, 3.05) is 30.8 Å². The first-order chi connectivity index (χ1) is 18.2. The Balaban J connectivity index is 2.07. The number of anilines is 1. The number of methoxy groups -OCH3 is 1. The third kappa shape index (κ3) is 7.32. The van der Waals surface area contributed by atoms with Crippen LogP contribution in [0.2, 0.25) is 0 Å². The molecule has 0 saturated carbocycles. The minimum atomic E-state index is -3.94. The summed E-state index contributed by atoms with van der Waals surface area (Å²) in [7, 11) is -2.54. The largest absolute Gasteiger partial charge is 0.495 e. The number of nitrogens with one attached hydrogen (secondary N) is 1. The highest BCUT2D eigenvalue weighted by atomic mass is 32.2. The van der Waals surface area contributed by atoms with Crippen LogP contribution in [0.3, 0.4) is 0 Å². The molecule has 10 heteroatoms. The molecule has 0 fully saturated rings. The summed E-state index contributed by atoms with van der Waals surface area (Å²) >= 11 is 0. The Kier molecular flexibility index (Phi) is 9.84. The van der Waals surface area contributed by atoms with Crippen LogP contribution in [0.4, 0.5) is 10.1 Å². The Morgan fingerprint density at radius 1 is 0.974 bits per heavy atom. The van der Waals surface area contributed by atoms with Crippen LogP contribution in [-0.2, 0) is 32.6 Å². The van der Waals surface area contributed by atoms with Gasteiger partial charge in [-0.2, -0.15) is 0 Å². The first-order valence-electron chi connectivity index (χ1n) is 12.1. The molecule has 0 aliphatic carbocycles. The minimum Gasteiger partial charge on any atom is -0.495 e. The van der Waals surface area contributed by atoms with Crippen LogP contribution in [0.25, 0.3) is 0 Å². The van der Waals surface area contributed by atoms with E-state index in [9.17, 15) is 22.4 Å². The van der Waals surface area contributed by atoms with Gasteiger partial charge in [0, 0.05) is 25.1 Å². The van der Waals surface area contributed by atoms with Gasteiger partial charge in [-0.05, 0) is 30.7 Å². The van der Waals surface area contributed by atoms with Crippen LogP contribution in [0.5, 0.6) is 5.75 Å². The van der Waals surface area contributed by atoms with Gasteiger partial charge in [0.05, 0.1) is 19.1 Å². The molecule has 8 nitrogen and oxygen atoms in total. The van der Waals surface area contributed by atoms with Gasteiger partial charge in [-0.25, -0.2) is 12.8 Å². The van der Waals surface area contributed by atoms with Crippen LogP contribution in [-0.4, -0.2) is 57.6 Å². The fourth-order valence-electron chi connectivity index (χ4n) is 4.09. The van der Waals surface area contributed by atoms with Crippen molar-refractivity contribution in [1.29, 1.82) is 0 Å². The minimum absolute atomic E-state index is 0.153. The molecule has 1 atom stereocenters. The van der Waals surface area contributed by atoms with Crippen molar-refractivity contribution in [3.8, 4) is 5.75 Å². The molecule has 0 saturated heterocycles. The lowest BCUT2D eigenvalue weighted by Crippen LogP contribution is -2.53. The average molecular weight is 542 g/mol. The fraction of sp³-hybridized carbons (Fsp3) is 0.286. The van der Waals surface area contributed by atoms with Gasteiger partial charge in [-0.15, -0.1) is 0 Å². The molecule has 0 aliphatic heterocycles. The maximum Gasteiger partial charge on any atom is 0.244 e. The monoisotopic (exact) mass is 541 g/mol. The fourth-order valence-corrected chi connectivity index (χ4v) is 4.94. The van der Waals surface area contributed by atoms with Crippen LogP contribution in [0.1, 0.15) is 18.1 Å². The predicted octanol–water partition coefficient (Wildman–Crippen LogP) is 3.38. The molecule has 38 heavy (non-hydrogen) atoms. The number of halogens is 1. The Labute approximate surface area is 223 Å². The van der Waals surface area contributed by atoms with Crippen LogP contribution in [0, 0.1) is 5.82 Å². The van der Waals surface area contributed by atoms with E-state index in [0.29, 0.717) is 6.54 Å². The van der Waals surface area contributed by atoms with Crippen molar-refractivity contribution in [2.24, 2.45) is 0 Å². The molecule has 0 spiro atoms. The van der Waals surface area contributed by atoms with E-state index in [-0.39, 0.29) is 30.0 Å². The number of hydrogen-bond donors (Lipinski definition) is 1. The summed E-state index contributed by atoms with van der Waals surface area (Å²) in [4.78, 5) is 28.4. The molecule has 202 valence electrons. The number of ether oxygens (including phenoxy) is 1. The zero-order valence-corrected chi connectivity index (χ0v) is 22.4. The zero-order valence-electron chi connectivity index (χ0n) is 21.6. The maximum absolute atomic E-state index is 14.7. The number of para-hydroxylation sites is 2. The van der Waals surface area contributed by atoms with Crippen LogP contribution < -0.4 is 14.4 Å². The summed E-state index contributed by atoms with van der Waals surface area (Å²) in [6.07, 6.45) is 1.14. The summed E-state index contributed by atoms with van der Waals surface area (Å²) in [5, 5.41) is 2.76. The molecule has 0 unspecified atom stereocenters. The number of nitrogens with zero attached hydrogens (tertiary/aromatic N) is 2. The molecule has 1 N–H and O–H groups in total. The Morgan fingerprint density at radius 2 is 1.61 bits per heavy atom. The van der Waals surface area contributed by atoms with Gasteiger partial charge in [0.25, 0.3) is 0 Å². The van der Waals surface area contributed by atoms with Crippen LogP contribution >= 0.6 is 0 Å². The smallest absolute Gasteiger partial charge is 0.244 e. The zero-order chi connectivity index (χ0) is 27.7. The quantitative estimate of drug-likeness (QED) is 0.379. The number of sulfonamides is 1. The third-order valence-electron chi connectivity index (χ3n) is 5.95. The number of amides is 2. The van der Waals surface area contributed by atoms with Gasteiger partial charge >= 0.3 is 0 Å². The number of likely N-dealkylation sites (N-methyl/N-ethyl adjacent to an activating group) is 1. The molecule has 0 bridgehead atoms. The standard InChI is InChI=1S/C28H32FN3O5S/c1-4-30-28(34)25(18-21-12-6-5-7-13-21)31(19-22-14-8-9-15-23(22)29)27(33)20-32(38(3,35)36)24-16-10-11-17-26(24)37-2/h5-17,25H,4,18-20H2,1-3H3,(H,30,34)/t25-/m0/s1. The van der Waals surface area contributed by atoms with Crippen molar-refractivity contribution >= 4 is 27.5 Å². The molecule has 0 heterocycles.